The molecule has 0 radical (unpaired) electrons. The van der Waals surface area contributed by atoms with Crippen LogP contribution in [0.25, 0.3) is 17.3 Å². The number of pyridine rings is 2. The molecular weight excluding hydrogens is 778 g/mol. The smallest absolute Gasteiger partial charge is 0.342 e. The number of nitrogens with zero attached hydrogens (tertiary/aromatic N) is 5. The Kier molecular flexibility index (Phi) is 13.0. The molecule has 0 saturated carbocycles. The number of alkyl halides is 4. The van der Waals surface area contributed by atoms with Crippen LogP contribution in [-0.4, -0.2) is 67.2 Å². The summed E-state index contributed by atoms with van der Waals surface area (Å²) in [5.41, 5.74) is 4.06. The Morgan fingerprint density at radius 3 is 2.08 bits per heavy atom. The zero-order valence-electron chi connectivity index (χ0n) is 28.9. The zero-order chi connectivity index (χ0) is 37.1. The lowest BCUT2D eigenvalue weighted by Crippen LogP contribution is -2.58. The second kappa shape index (κ2) is 17.6. The molecule has 1 unspecified atom stereocenters. The lowest BCUT2D eigenvalue weighted by Gasteiger charge is -2.41. The number of carbonyl (C=O) groups is 2. The Labute approximate surface area is 316 Å². The summed E-state index contributed by atoms with van der Waals surface area (Å²) in [7, 11) is 3.71. The highest BCUT2D eigenvalue weighted by atomic mass is 127. The van der Waals surface area contributed by atoms with Crippen molar-refractivity contribution in [2.75, 3.05) is 27.2 Å². The van der Waals surface area contributed by atoms with Crippen molar-refractivity contribution in [3.05, 3.63) is 162 Å². The van der Waals surface area contributed by atoms with Gasteiger partial charge in [-0.05, 0) is 88.3 Å². The lowest BCUT2D eigenvalue weighted by molar-refractivity contribution is -0.144. The summed E-state index contributed by atoms with van der Waals surface area (Å²) in [6.45, 7) is 1.72. The highest BCUT2D eigenvalue weighted by Gasteiger charge is 2.45. The summed E-state index contributed by atoms with van der Waals surface area (Å²) in [5, 5.41) is 0. The standard InChI is InChI=1S/C41H39F3IN5O2/c1-48(29-34-11-8-23-46-28-34)25-26-49(2)39(52)40(45,27-32-9-4-3-5-10-32)50(30-33-13-18-35(19-14-33)37-12-6-7-24-47-37)38(51)22-17-31-15-20-36(21-16-31)41(42,43)44/h3-24,28H,25-27,29-30H2,1-2H3. The molecule has 0 fully saturated rings. The number of hydrogen-bond donors (Lipinski definition) is 0. The van der Waals surface area contributed by atoms with Crippen molar-refractivity contribution in [2.24, 2.45) is 0 Å². The summed E-state index contributed by atoms with van der Waals surface area (Å²) in [5.74, 6) is -0.720. The van der Waals surface area contributed by atoms with Crippen molar-refractivity contribution in [1.29, 1.82) is 0 Å². The molecule has 52 heavy (non-hydrogen) atoms. The average Bonchev–Trinajstić information content (AvgIpc) is 3.16. The van der Waals surface area contributed by atoms with Crippen molar-refractivity contribution in [3.63, 3.8) is 0 Å². The van der Waals surface area contributed by atoms with E-state index in [1.165, 1.54) is 24.3 Å². The molecule has 0 N–H and O–H groups in total. The van der Waals surface area contributed by atoms with Crippen LogP contribution in [0.15, 0.2) is 134 Å². The molecule has 2 amide bonds. The molecule has 268 valence electrons. The van der Waals surface area contributed by atoms with Gasteiger partial charge in [0.2, 0.25) is 5.91 Å². The van der Waals surface area contributed by atoms with Crippen molar-refractivity contribution in [3.8, 4) is 11.3 Å². The molecule has 3 aromatic carbocycles. The molecule has 0 aliphatic heterocycles. The monoisotopic (exact) mass is 817 g/mol. The van der Waals surface area contributed by atoms with Crippen LogP contribution in [0, 0.1) is 0 Å². The van der Waals surface area contributed by atoms with Crippen LogP contribution < -0.4 is 0 Å². The van der Waals surface area contributed by atoms with Gasteiger partial charge in [-0.3, -0.25) is 19.6 Å². The summed E-state index contributed by atoms with van der Waals surface area (Å²) in [6, 6.07) is 31.3. The highest BCUT2D eigenvalue weighted by molar-refractivity contribution is 14.1. The molecule has 11 heteroatoms. The largest absolute Gasteiger partial charge is 0.416 e. The van der Waals surface area contributed by atoms with Crippen LogP contribution in [0.1, 0.15) is 27.8 Å². The quantitative estimate of drug-likeness (QED) is 0.0490. The number of carbonyl (C=O) groups excluding carboxylic acids is 2. The fourth-order valence-electron chi connectivity index (χ4n) is 5.67. The summed E-state index contributed by atoms with van der Waals surface area (Å²) < 4.78 is 38.2. The fraction of sp³-hybridized carbons (Fsp3) is 0.220. The summed E-state index contributed by atoms with van der Waals surface area (Å²) >= 11 is 2.11. The molecule has 2 aromatic heterocycles. The van der Waals surface area contributed by atoms with Gasteiger partial charge in [0.1, 0.15) is 0 Å². The van der Waals surface area contributed by atoms with Crippen LogP contribution in [0.2, 0.25) is 0 Å². The van der Waals surface area contributed by atoms with E-state index in [1.807, 2.05) is 98.2 Å². The Balaban J connectivity index is 1.46. The molecule has 2 heterocycles. The maximum Gasteiger partial charge on any atom is 0.416 e. The van der Waals surface area contributed by atoms with E-state index in [4.69, 9.17) is 0 Å². The van der Waals surface area contributed by atoms with Crippen molar-refractivity contribution < 1.29 is 22.8 Å². The van der Waals surface area contributed by atoms with E-state index >= 15 is 0 Å². The molecule has 0 saturated heterocycles. The number of amides is 2. The molecule has 0 spiro atoms. The number of rotatable bonds is 14. The van der Waals surface area contributed by atoms with Gasteiger partial charge in [0.05, 0.1) is 11.3 Å². The number of halogens is 4. The van der Waals surface area contributed by atoms with E-state index in [0.29, 0.717) is 25.2 Å². The predicted octanol–water partition coefficient (Wildman–Crippen LogP) is 8.17. The van der Waals surface area contributed by atoms with Crippen LogP contribution in [0.5, 0.6) is 0 Å². The summed E-state index contributed by atoms with van der Waals surface area (Å²) in [6.07, 6.45) is 3.79. The Morgan fingerprint density at radius 2 is 1.44 bits per heavy atom. The predicted molar refractivity (Wildman–Crippen MR) is 206 cm³/mol. The van der Waals surface area contributed by atoms with Gasteiger partial charge in [0.15, 0.2) is 3.55 Å². The van der Waals surface area contributed by atoms with Gasteiger partial charge in [-0.2, -0.15) is 13.2 Å². The van der Waals surface area contributed by atoms with Gasteiger partial charge in [-0.1, -0.05) is 78.9 Å². The van der Waals surface area contributed by atoms with Gasteiger partial charge in [0, 0.05) is 69.9 Å². The first kappa shape index (κ1) is 38.4. The van der Waals surface area contributed by atoms with E-state index in [1.54, 1.807) is 29.2 Å². The van der Waals surface area contributed by atoms with Crippen molar-refractivity contribution >= 4 is 40.5 Å². The van der Waals surface area contributed by atoms with E-state index in [-0.39, 0.29) is 18.9 Å². The molecule has 0 aliphatic rings. The average molecular weight is 818 g/mol. The Hall–Kier alpha value is -4.88. The minimum absolute atomic E-state index is 0.0922. The minimum atomic E-state index is -4.47. The van der Waals surface area contributed by atoms with E-state index < -0.39 is 21.2 Å². The first-order chi connectivity index (χ1) is 24.9. The SMILES string of the molecule is CN(CCN(C)C(=O)C(I)(Cc1ccccc1)N(Cc1ccc(-c2ccccn2)cc1)C(=O)C=Cc1ccc(C(F)(F)F)cc1)Cc1cccnc1. The fourth-order valence-corrected chi connectivity index (χ4v) is 6.93. The van der Waals surface area contributed by atoms with Crippen LogP contribution >= 0.6 is 22.6 Å². The van der Waals surface area contributed by atoms with Gasteiger partial charge in [0.25, 0.3) is 5.91 Å². The lowest BCUT2D eigenvalue weighted by atomic mass is 10.0. The summed E-state index contributed by atoms with van der Waals surface area (Å²) in [4.78, 5) is 42.9. The number of likely N-dealkylation sites (N-methyl/N-ethyl adjacent to an activating group) is 2. The number of hydrogen-bond acceptors (Lipinski definition) is 5. The van der Waals surface area contributed by atoms with Crippen LogP contribution in [0.4, 0.5) is 13.2 Å². The van der Waals surface area contributed by atoms with Gasteiger partial charge >= 0.3 is 6.18 Å². The van der Waals surface area contributed by atoms with Gasteiger partial charge < -0.3 is 14.7 Å². The Bertz CT molecular complexity index is 1930. The van der Waals surface area contributed by atoms with Crippen molar-refractivity contribution in [2.45, 2.75) is 29.2 Å². The molecule has 5 aromatic rings. The van der Waals surface area contributed by atoms with E-state index in [0.717, 1.165) is 40.1 Å². The van der Waals surface area contributed by atoms with Crippen LogP contribution in [0.3, 0.4) is 0 Å². The zero-order valence-corrected chi connectivity index (χ0v) is 31.0. The van der Waals surface area contributed by atoms with E-state index in [2.05, 4.69) is 37.5 Å². The Morgan fingerprint density at radius 1 is 0.750 bits per heavy atom. The minimum Gasteiger partial charge on any atom is -0.342 e. The van der Waals surface area contributed by atoms with Crippen LogP contribution in [-0.2, 0) is 35.3 Å². The third-order valence-corrected chi connectivity index (χ3v) is 9.98. The topological polar surface area (TPSA) is 69.6 Å². The normalized spacial score (nSPS) is 12.8. The third-order valence-electron chi connectivity index (χ3n) is 8.55. The first-order valence-corrected chi connectivity index (χ1v) is 17.7. The number of benzene rings is 3. The maximum atomic E-state index is 14.7. The molecule has 0 bridgehead atoms. The second-order valence-electron chi connectivity index (χ2n) is 12.5. The molecular formula is C41H39F3IN5O2. The molecule has 1 atom stereocenters. The van der Waals surface area contributed by atoms with Gasteiger partial charge in [-0.15, -0.1) is 0 Å². The van der Waals surface area contributed by atoms with Crippen molar-refractivity contribution in [1.82, 2.24) is 24.7 Å². The highest BCUT2D eigenvalue weighted by Crippen LogP contribution is 2.34. The molecule has 0 aliphatic carbocycles. The van der Waals surface area contributed by atoms with Gasteiger partial charge in [-0.25, -0.2) is 0 Å². The number of aromatic nitrogens is 2. The first-order valence-electron chi connectivity index (χ1n) is 16.7. The molecule has 7 nitrogen and oxygen atoms in total. The molecule has 5 rings (SSSR count). The van der Waals surface area contributed by atoms with E-state index in [9.17, 15) is 22.8 Å². The second-order valence-corrected chi connectivity index (χ2v) is 14.3. The maximum absolute atomic E-state index is 14.7. The third kappa shape index (κ3) is 10.3.